The molecule has 0 fully saturated rings. The van der Waals surface area contributed by atoms with Gasteiger partial charge in [-0.25, -0.2) is 0 Å². The van der Waals surface area contributed by atoms with E-state index in [1.165, 1.54) is 109 Å². The van der Waals surface area contributed by atoms with Crippen LogP contribution in [-0.2, 0) is 14.3 Å². The average molecular weight is 631 g/mol. The van der Waals surface area contributed by atoms with Gasteiger partial charge >= 0.3 is 11.9 Å². The lowest BCUT2D eigenvalue weighted by Gasteiger charge is -2.15. The molecule has 4 nitrogen and oxygen atoms in total. The summed E-state index contributed by atoms with van der Waals surface area (Å²) in [6, 6.07) is 0. The second-order valence-corrected chi connectivity index (χ2v) is 13.1. The van der Waals surface area contributed by atoms with Crippen LogP contribution in [0.3, 0.4) is 0 Å². The van der Waals surface area contributed by atoms with Crippen LogP contribution in [0.1, 0.15) is 206 Å². The smallest absolute Gasteiger partial charge is 0.306 e. The Kier molecular flexibility index (Phi) is 35.1. The summed E-state index contributed by atoms with van der Waals surface area (Å²) < 4.78 is 5.91. The van der Waals surface area contributed by atoms with E-state index >= 15 is 0 Å². The summed E-state index contributed by atoms with van der Waals surface area (Å²) in [5.41, 5.74) is 0. The van der Waals surface area contributed by atoms with Crippen molar-refractivity contribution in [1.82, 2.24) is 0 Å². The van der Waals surface area contributed by atoms with Gasteiger partial charge in [0.2, 0.25) is 0 Å². The van der Waals surface area contributed by atoms with Crippen molar-refractivity contribution in [3.8, 4) is 0 Å². The first kappa shape index (κ1) is 43.2. The van der Waals surface area contributed by atoms with Crippen LogP contribution in [0.25, 0.3) is 0 Å². The van der Waals surface area contributed by atoms with Gasteiger partial charge in [-0.05, 0) is 76.7 Å². The first-order valence-electron chi connectivity index (χ1n) is 19.5. The van der Waals surface area contributed by atoms with Gasteiger partial charge in [0.25, 0.3) is 0 Å². The van der Waals surface area contributed by atoms with E-state index in [1.54, 1.807) is 0 Å². The molecule has 0 spiro atoms. The fourth-order valence-electron chi connectivity index (χ4n) is 5.65. The summed E-state index contributed by atoms with van der Waals surface area (Å²) in [5, 5.41) is 8.77. The zero-order valence-electron chi connectivity index (χ0n) is 29.9. The molecule has 0 rings (SSSR count). The van der Waals surface area contributed by atoms with Gasteiger partial charge in [0.05, 0.1) is 0 Å². The SMILES string of the molecule is CCCCCC/C=C\C/C=C\CCCCCCCCCC(=O)OC(/C=C\CCCCCCCC)CCCCCCCCC(=O)O. The molecule has 0 radical (unpaired) electrons. The maximum Gasteiger partial charge on any atom is 0.306 e. The molecule has 1 atom stereocenters. The maximum atomic E-state index is 12.6. The van der Waals surface area contributed by atoms with Crippen LogP contribution in [0.15, 0.2) is 36.5 Å². The largest absolute Gasteiger partial charge is 0.481 e. The second-order valence-electron chi connectivity index (χ2n) is 13.1. The number of unbranched alkanes of at least 4 members (excludes halogenated alkanes) is 22. The summed E-state index contributed by atoms with van der Waals surface area (Å²) >= 11 is 0. The molecule has 45 heavy (non-hydrogen) atoms. The summed E-state index contributed by atoms with van der Waals surface area (Å²) in [6.45, 7) is 4.51. The molecule has 0 saturated heterocycles. The number of carboxylic acid groups (broad SMARTS) is 1. The summed E-state index contributed by atoms with van der Waals surface area (Å²) in [7, 11) is 0. The van der Waals surface area contributed by atoms with Crippen LogP contribution in [0.4, 0.5) is 0 Å². The number of aliphatic carboxylic acids is 1. The highest BCUT2D eigenvalue weighted by molar-refractivity contribution is 5.69. The molecule has 0 aliphatic rings. The average Bonchev–Trinajstić information content (AvgIpc) is 3.02. The predicted octanol–water partition coefficient (Wildman–Crippen LogP) is 13.4. The lowest BCUT2D eigenvalue weighted by molar-refractivity contribution is -0.147. The quantitative estimate of drug-likeness (QED) is 0.0430. The van der Waals surface area contributed by atoms with E-state index in [4.69, 9.17) is 9.84 Å². The molecule has 0 aromatic heterocycles. The number of hydrogen-bond acceptors (Lipinski definition) is 3. The van der Waals surface area contributed by atoms with Crippen LogP contribution in [-0.4, -0.2) is 23.1 Å². The van der Waals surface area contributed by atoms with E-state index in [0.717, 1.165) is 70.6 Å². The molecule has 0 aromatic rings. The maximum absolute atomic E-state index is 12.6. The monoisotopic (exact) mass is 631 g/mol. The van der Waals surface area contributed by atoms with E-state index in [0.29, 0.717) is 6.42 Å². The highest BCUT2D eigenvalue weighted by Crippen LogP contribution is 2.16. The number of carboxylic acids is 1. The van der Waals surface area contributed by atoms with Crippen molar-refractivity contribution in [2.24, 2.45) is 0 Å². The van der Waals surface area contributed by atoms with Crippen molar-refractivity contribution >= 4 is 11.9 Å². The zero-order chi connectivity index (χ0) is 32.9. The number of carbonyl (C=O) groups excluding carboxylic acids is 1. The van der Waals surface area contributed by atoms with Gasteiger partial charge in [0.15, 0.2) is 0 Å². The molecular formula is C41H74O4. The first-order valence-corrected chi connectivity index (χ1v) is 19.5. The molecule has 0 saturated carbocycles. The van der Waals surface area contributed by atoms with E-state index in [-0.39, 0.29) is 18.5 Å². The van der Waals surface area contributed by atoms with Crippen molar-refractivity contribution in [3.05, 3.63) is 36.5 Å². The minimum absolute atomic E-state index is 0.0454. The van der Waals surface area contributed by atoms with Gasteiger partial charge in [-0.1, -0.05) is 153 Å². The Morgan fingerprint density at radius 3 is 1.47 bits per heavy atom. The molecule has 1 N–H and O–H groups in total. The topological polar surface area (TPSA) is 63.6 Å². The van der Waals surface area contributed by atoms with Crippen LogP contribution in [0.2, 0.25) is 0 Å². The van der Waals surface area contributed by atoms with Crippen molar-refractivity contribution in [2.45, 2.75) is 213 Å². The summed E-state index contributed by atoms with van der Waals surface area (Å²) in [4.78, 5) is 23.3. The number of ether oxygens (including phenoxy) is 1. The normalized spacial score (nSPS) is 12.6. The fraction of sp³-hybridized carbons (Fsp3) is 0.805. The van der Waals surface area contributed by atoms with Crippen molar-refractivity contribution in [1.29, 1.82) is 0 Å². The lowest BCUT2D eigenvalue weighted by Crippen LogP contribution is -2.16. The third kappa shape index (κ3) is 36.5. The number of esters is 1. The molecule has 0 aliphatic heterocycles. The van der Waals surface area contributed by atoms with Gasteiger partial charge < -0.3 is 9.84 Å². The van der Waals surface area contributed by atoms with Crippen LogP contribution < -0.4 is 0 Å². The van der Waals surface area contributed by atoms with E-state index in [2.05, 4.69) is 50.3 Å². The number of hydrogen-bond donors (Lipinski definition) is 1. The highest BCUT2D eigenvalue weighted by atomic mass is 16.5. The van der Waals surface area contributed by atoms with Crippen molar-refractivity contribution in [3.63, 3.8) is 0 Å². The van der Waals surface area contributed by atoms with Gasteiger partial charge in [0.1, 0.15) is 6.10 Å². The second kappa shape index (κ2) is 36.6. The molecule has 0 aromatic carbocycles. The standard InChI is InChI=1S/C41H74O4/c1-3-5-7-9-11-13-14-15-16-17-18-19-20-21-22-24-30-34-38-41(44)45-39(35-31-27-23-12-10-8-6-4-2)36-32-28-25-26-29-33-37-40(42)43/h13-14,16-17,31,35,39H,3-12,15,18-30,32-34,36-38H2,1-2H3,(H,42,43)/b14-13-,17-16-,35-31-. The summed E-state index contributed by atoms with van der Waals surface area (Å²) in [5.74, 6) is -0.746. The van der Waals surface area contributed by atoms with Crippen LogP contribution in [0, 0.1) is 0 Å². The van der Waals surface area contributed by atoms with Crippen molar-refractivity contribution in [2.75, 3.05) is 0 Å². The van der Waals surface area contributed by atoms with Crippen LogP contribution in [0.5, 0.6) is 0 Å². The van der Waals surface area contributed by atoms with E-state index < -0.39 is 5.97 Å². The minimum Gasteiger partial charge on any atom is -0.481 e. The molecule has 0 bridgehead atoms. The molecule has 1 unspecified atom stereocenters. The Labute approximate surface area is 279 Å². The Morgan fingerprint density at radius 1 is 0.511 bits per heavy atom. The first-order chi connectivity index (χ1) is 22.1. The van der Waals surface area contributed by atoms with Crippen molar-refractivity contribution < 1.29 is 19.4 Å². The van der Waals surface area contributed by atoms with E-state index in [1.807, 2.05) is 0 Å². The Bertz CT molecular complexity index is 723. The van der Waals surface area contributed by atoms with Gasteiger partial charge in [-0.2, -0.15) is 0 Å². The molecule has 0 heterocycles. The van der Waals surface area contributed by atoms with Gasteiger partial charge in [0, 0.05) is 12.8 Å². The Morgan fingerprint density at radius 2 is 0.933 bits per heavy atom. The lowest BCUT2D eigenvalue weighted by atomic mass is 10.0. The number of allylic oxidation sites excluding steroid dienone is 5. The molecule has 0 aliphatic carbocycles. The number of rotatable bonds is 35. The highest BCUT2D eigenvalue weighted by Gasteiger charge is 2.11. The minimum atomic E-state index is -0.700. The van der Waals surface area contributed by atoms with Crippen LogP contribution >= 0.6 is 0 Å². The molecular weight excluding hydrogens is 556 g/mol. The number of carbonyl (C=O) groups is 2. The molecule has 262 valence electrons. The Hall–Kier alpha value is -1.84. The van der Waals surface area contributed by atoms with Gasteiger partial charge in [-0.3, -0.25) is 9.59 Å². The predicted molar refractivity (Wildman–Crippen MR) is 195 cm³/mol. The van der Waals surface area contributed by atoms with Gasteiger partial charge in [-0.15, -0.1) is 0 Å². The van der Waals surface area contributed by atoms with E-state index in [9.17, 15) is 9.59 Å². The zero-order valence-corrected chi connectivity index (χ0v) is 29.9. The third-order valence-electron chi connectivity index (χ3n) is 8.57. The molecule has 4 heteroatoms. The fourth-order valence-corrected chi connectivity index (χ4v) is 5.65. The third-order valence-corrected chi connectivity index (χ3v) is 8.57. The Balaban J connectivity index is 4.01. The molecule has 0 amide bonds. The summed E-state index contributed by atoms with van der Waals surface area (Å²) in [6.07, 6.45) is 47.5.